The summed E-state index contributed by atoms with van der Waals surface area (Å²) in [7, 11) is -3.97. The van der Waals surface area contributed by atoms with Crippen molar-refractivity contribution < 1.29 is 17.0 Å². The van der Waals surface area contributed by atoms with Crippen LogP contribution in [0.15, 0.2) is 62.6 Å². The molecule has 0 atom stereocenters. The van der Waals surface area contributed by atoms with Crippen molar-refractivity contribution in [2.24, 2.45) is 0 Å². The third kappa shape index (κ3) is 3.12. The van der Waals surface area contributed by atoms with Gasteiger partial charge in [-0.15, -0.1) is 0 Å². The van der Waals surface area contributed by atoms with E-state index in [0.29, 0.717) is 10.9 Å². The van der Waals surface area contributed by atoms with E-state index in [1.165, 1.54) is 18.2 Å². The highest BCUT2D eigenvalue weighted by atomic mass is 32.2. The number of aryl methyl sites for hydroxylation is 2. The summed E-state index contributed by atoms with van der Waals surface area (Å²) in [5.41, 5.74) is 1.18. The largest absolute Gasteiger partial charge is 0.423 e. The lowest BCUT2D eigenvalue weighted by molar-refractivity contribution is 0.484. The van der Waals surface area contributed by atoms with Crippen molar-refractivity contribution in [3.8, 4) is 5.75 Å². The molecule has 0 N–H and O–H groups in total. The zero-order chi connectivity index (χ0) is 16.6. The van der Waals surface area contributed by atoms with Crippen LogP contribution in [0, 0.1) is 13.8 Å². The van der Waals surface area contributed by atoms with Crippen LogP contribution in [-0.4, -0.2) is 8.42 Å². The number of fused-ring (bicyclic) bond motifs is 1. The van der Waals surface area contributed by atoms with E-state index in [4.69, 9.17) is 8.60 Å². The van der Waals surface area contributed by atoms with Crippen molar-refractivity contribution >= 4 is 21.1 Å². The second kappa shape index (κ2) is 5.55. The number of benzene rings is 2. The zero-order valence-electron chi connectivity index (χ0n) is 12.6. The molecule has 23 heavy (non-hydrogen) atoms. The van der Waals surface area contributed by atoms with Gasteiger partial charge in [-0.3, -0.25) is 0 Å². The highest BCUT2D eigenvalue weighted by molar-refractivity contribution is 7.87. The quantitative estimate of drug-likeness (QED) is 0.545. The van der Waals surface area contributed by atoms with Crippen molar-refractivity contribution in [1.29, 1.82) is 0 Å². The monoisotopic (exact) mass is 330 g/mol. The third-order valence-corrected chi connectivity index (χ3v) is 4.80. The second-order valence-electron chi connectivity index (χ2n) is 5.26. The fourth-order valence-corrected chi connectivity index (χ4v) is 3.48. The maximum Gasteiger partial charge on any atom is 0.339 e. The molecule has 0 spiro atoms. The molecule has 2 aromatic carbocycles. The van der Waals surface area contributed by atoms with Crippen molar-refractivity contribution in [2.45, 2.75) is 18.7 Å². The van der Waals surface area contributed by atoms with Crippen molar-refractivity contribution in [3.63, 3.8) is 0 Å². The van der Waals surface area contributed by atoms with Crippen LogP contribution in [0.1, 0.15) is 11.1 Å². The Morgan fingerprint density at radius 3 is 2.48 bits per heavy atom. The van der Waals surface area contributed by atoms with Gasteiger partial charge in [0.05, 0.1) is 0 Å². The summed E-state index contributed by atoms with van der Waals surface area (Å²) in [6.45, 7) is 3.51. The molecular weight excluding hydrogens is 316 g/mol. The van der Waals surface area contributed by atoms with Crippen LogP contribution >= 0.6 is 0 Å². The highest BCUT2D eigenvalue weighted by Gasteiger charge is 2.19. The molecule has 0 aliphatic heterocycles. The van der Waals surface area contributed by atoms with Gasteiger partial charge >= 0.3 is 15.7 Å². The molecule has 3 aromatic rings. The standard InChI is InChI=1S/C17H14O5S/c1-11-3-4-12(2)16(9-11)23(19,20)22-14-7-5-13-6-8-17(18)21-15(13)10-14/h3-10H,1-2H3. The van der Waals surface area contributed by atoms with Gasteiger partial charge in [-0.2, -0.15) is 8.42 Å². The predicted molar refractivity (Wildman–Crippen MR) is 86.2 cm³/mol. The zero-order valence-corrected chi connectivity index (χ0v) is 13.4. The molecule has 0 aliphatic carbocycles. The average Bonchev–Trinajstić information content (AvgIpc) is 2.48. The first-order valence-electron chi connectivity index (χ1n) is 6.91. The van der Waals surface area contributed by atoms with E-state index in [0.717, 1.165) is 5.56 Å². The molecule has 5 nitrogen and oxygen atoms in total. The average molecular weight is 330 g/mol. The van der Waals surface area contributed by atoms with Crippen LogP contribution in [0.3, 0.4) is 0 Å². The highest BCUT2D eigenvalue weighted by Crippen LogP contribution is 2.25. The van der Waals surface area contributed by atoms with Crippen LogP contribution in [0.2, 0.25) is 0 Å². The van der Waals surface area contributed by atoms with Crippen LogP contribution in [0.5, 0.6) is 5.75 Å². The SMILES string of the molecule is Cc1ccc(C)c(S(=O)(=O)Oc2ccc3ccc(=O)oc3c2)c1. The summed E-state index contributed by atoms with van der Waals surface area (Å²) in [4.78, 5) is 11.4. The number of rotatable bonds is 3. The molecule has 0 saturated carbocycles. The van der Waals surface area contributed by atoms with E-state index in [9.17, 15) is 13.2 Å². The van der Waals surface area contributed by atoms with Crippen LogP contribution in [0.4, 0.5) is 0 Å². The lowest BCUT2D eigenvalue weighted by Crippen LogP contribution is -2.11. The predicted octanol–water partition coefficient (Wildman–Crippen LogP) is 3.18. The van der Waals surface area contributed by atoms with Crippen molar-refractivity contribution in [3.05, 3.63) is 70.1 Å². The van der Waals surface area contributed by atoms with E-state index in [2.05, 4.69) is 0 Å². The molecule has 0 aliphatic rings. The maximum atomic E-state index is 12.5. The third-order valence-electron chi connectivity index (χ3n) is 3.41. The molecular formula is C17H14O5S. The van der Waals surface area contributed by atoms with Gasteiger partial charge in [-0.1, -0.05) is 12.1 Å². The Balaban J connectivity index is 2.03. The molecule has 0 bridgehead atoms. The van der Waals surface area contributed by atoms with Crippen LogP contribution in [-0.2, 0) is 10.1 Å². The van der Waals surface area contributed by atoms with Gasteiger partial charge in [0.15, 0.2) is 0 Å². The first kappa shape index (κ1) is 15.3. The molecule has 0 amide bonds. The maximum absolute atomic E-state index is 12.5. The molecule has 6 heteroatoms. The Hall–Kier alpha value is -2.60. The minimum absolute atomic E-state index is 0.0905. The molecule has 1 heterocycles. The van der Waals surface area contributed by atoms with Gasteiger partial charge in [0.25, 0.3) is 0 Å². The van der Waals surface area contributed by atoms with Crippen molar-refractivity contribution in [2.75, 3.05) is 0 Å². The first-order valence-corrected chi connectivity index (χ1v) is 8.32. The lowest BCUT2D eigenvalue weighted by atomic mass is 10.2. The fraction of sp³-hybridized carbons (Fsp3) is 0.118. The molecule has 1 aromatic heterocycles. The molecule has 3 rings (SSSR count). The minimum atomic E-state index is -3.97. The Morgan fingerprint density at radius 2 is 1.70 bits per heavy atom. The summed E-state index contributed by atoms with van der Waals surface area (Å²) < 4.78 is 35.1. The van der Waals surface area contributed by atoms with Crippen LogP contribution < -0.4 is 9.81 Å². The smallest absolute Gasteiger partial charge is 0.339 e. The first-order chi connectivity index (χ1) is 10.8. The summed E-state index contributed by atoms with van der Waals surface area (Å²) in [5, 5.41) is 0.682. The Bertz CT molecular complexity index is 1050. The van der Waals surface area contributed by atoms with Crippen molar-refractivity contribution in [1.82, 2.24) is 0 Å². The van der Waals surface area contributed by atoms with Gasteiger partial charge in [-0.05, 0) is 49.2 Å². The Labute approximate surface area is 133 Å². The lowest BCUT2D eigenvalue weighted by Gasteiger charge is -2.10. The summed E-state index contributed by atoms with van der Waals surface area (Å²) in [6, 6.07) is 12.6. The normalized spacial score (nSPS) is 11.6. The number of hydrogen-bond acceptors (Lipinski definition) is 5. The fourth-order valence-electron chi connectivity index (χ4n) is 2.24. The molecule has 0 fully saturated rings. The molecule has 0 radical (unpaired) electrons. The Morgan fingerprint density at radius 1 is 0.957 bits per heavy atom. The Kier molecular flexibility index (Phi) is 3.69. The van der Waals surface area contributed by atoms with Gasteiger partial charge in [0.1, 0.15) is 16.2 Å². The minimum Gasteiger partial charge on any atom is -0.423 e. The second-order valence-corrected chi connectivity index (χ2v) is 6.78. The van der Waals surface area contributed by atoms with E-state index < -0.39 is 15.7 Å². The van der Waals surface area contributed by atoms with Gasteiger partial charge < -0.3 is 8.60 Å². The summed E-state index contributed by atoms with van der Waals surface area (Å²) >= 11 is 0. The molecule has 0 saturated heterocycles. The van der Waals surface area contributed by atoms with Gasteiger partial charge in [-0.25, -0.2) is 4.79 Å². The summed E-state index contributed by atoms with van der Waals surface area (Å²) in [5.74, 6) is 0.0905. The molecule has 0 unspecified atom stereocenters. The van der Waals surface area contributed by atoms with E-state index >= 15 is 0 Å². The van der Waals surface area contributed by atoms with E-state index in [-0.39, 0.29) is 16.2 Å². The van der Waals surface area contributed by atoms with Gasteiger partial charge in [0, 0.05) is 17.5 Å². The topological polar surface area (TPSA) is 73.6 Å². The number of hydrogen-bond donors (Lipinski definition) is 0. The van der Waals surface area contributed by atoms with Gasteiger partial charge in [0.2, 0.25) is 0 Å². The van der Waals surface area contributed by atoms with E-state index in [1.54, 1.807) is 31.2 Å². The molecule has 118 valence electrons. The van der Waals surface area contributed by atoms with Crippen LogP contribution in [0.25, 0.3) is 11.0 Å². The summed E-state index contributed by atoms with van der Waals surface area (Å²) in [6.07, 6.45) is 0. The van der Waals surface area contributed by atoms with E-state index in [1.807, 2.05) is 13.0 Å².